The molecule has 0 aromatic heterocycles. The zero-order valence-electron chi connectivity index (χ0n) is 16.4. The largest absolute Gasteiger partial charge is 0.491 e. The molecule has 1 rings (SSSR count). The molecule has 0 saturated carbocycles. The second-order valence-electron chi connectivity index (χ2n) is 7.57. The van der Waals surface area contributed by atoms with Gasteiger partial charge in [-0.15, -0.1) is 0 Å². The number of benzene rings is 1. The molecule has 0 aliphatic rings. The smallest absolute Gasteiger partial charge is 0.333 e. The van der Waals surface area contributed by atoms with Crippen LogP contribution >= 0.6 is 0 Å². The first-order valence-corrected chi connectivity index (χ1v) is 10.4. The van der Waals surface area contributed by atoms with Gasteiger partial charge >= 0.3 is 10.3 Å². The van der Waals surface area contributed by atoms with Gasteiger partial charge in [0.05, 0.1) is 6.10 Å². The zero-order valence-corrected chi connectivity index (χ0v) is 17.2. The fourth-order valence-electron chi connectivity index (χ4n) is 2.49. The molecular weight excluding hydrogens is 372 g/mol. The highest BCUT2D eigenvalue weighted by Crippen LogP contribution is 2.24. The topological polar surface area (TPSA) is 119 Å². The summed E-state index contributed by atoms with van der Waals surface area (Å²) in [6.07, 6.45) is -1.78. The normalized spacial score (nSPS) is 15.0. The van der Waals surface area contributed by atoms with Gasteiger partial charge in [-0.1, -0.05) is 39.8 Å². The van der Waals surface area contributed by atoms with E-state index in [0.29, 0.717) is 12.3 Å². The van der Waals surface area contributed by atoms with Crippen molar-refractivity contribution < 1.29 is 27.9 Å². The average Bonchev–Trinajstić information content (AvgIpc) is 2.56. The van der Waals surface area contributed by atoms with Crippen molar-refractivity contribution in [2.45, 2.75) is 45.3 Å². The lowest BCUT2D eigenvalue weighted by molar-refractivity contribution is 0.0487. The standard InChI is InChI=1S/C18H32N2O6S/c1-5-20(11-15(21)10-19-27(23,24)25)12-16(22)13-26-17-8-6-14(7-9-17)18(2,3)4/h6-9,15-16,19,21-22H,5,10-13H2,1-4H3,(H,23,24,25). The number of aliphatic hydroxyl groups is 2. The summed E-state index contributed by atoms with van der Waals surface area (Å²) in [4.78, 5) is 1.77. The summed E-state index contributed by atoms with van der Waals surface area (Å²) in [5.41, 5.74) is 1.25. The Morgan fingerprint density at radius 2 is 1.67 bits per heavy atom. The molecule has 0 amide bonds. The van der Waals surface area contributed by atoms with Crippen LogP contribution in [0.2, 0.25) is 0 Å². The number of likely N-dealkylation sites (N-methyl/N-ethyl adjacent to an activating group) is 1. The SMILES string of the molecule is CCN(CC(O)CNS(=O)(=O)O)CC(O)COc1ccc(C(C)(C)C)cc1. The maximum atomic E-state index is 10.6. The van der Waals surface area contributed by atoms with Gasteiger partial charge in [-0.3, -0.25) is 9.45 Å². The van der Waals surface area contributed by atoms with Crippen molar-refractivity contribution in [2.24, 2.45) is 0 Å². The first kappa shape index (κ1) is 23.8. The molecule has 27 heavy (non-hydrogen) atoms. The third kappa shape index (κ3) is 10.0. The Morgan fingerprint density at radius 1 is 1.11 bits per heavy atom. The minimum atomic E-state index is -4.33. The Hall–Kier alpha value is -1.23. The summed E-state index contributed by atoms with van der Waals surface area (Å²) >= 11 is 0. The molecule has 156 valence electrons. The minimum absolute atomic E-state index is 0.0602. The van der Waals surface area contributed by atoms with Crippen LogP contribution in [-0.2, 0) is 15.7 Å². The molecule has 0 spiro atoms. The molecule has 0 saturated heterocycles. The van der Waals surface area contributed by atoms with Gasteiger partial charge in [-0.05, 0) is 29.7 Å². The summed E-state index contributed by atoms with van der Waals surface area (Å²) in [7, 11) is -4.33. The van der Waals surface area contributed by atoms with Crippen LogP contribution in [-0.4, -0.2) is 73.1 Å². The van der Waals surface area contributed by atoms with Crippen molar-refractivity contribution in [1.82, 2.24) is 9.62 Å². The predicted octanol–water partition coefficient (Wildman–Crippen LogP) is 0.799. The molecule has 2 atom stereocenters. The van der Waals surface area contributed by atoms with Gasteiger partial charge in [0.1, 0.15) is 18.5 Å². The van der Waals surface area contributed by atoms with Gasteiger partial charge in [0, 0.05) is 19.6 Å². The highest BCUT2D eigenvalue weighted by Gasteiger charge is 2.17. The van der Waals surface area contributed by atoms with E-state index in [0.717, 1.165) is 0 Å². The number of ether oxygens (including phenoxy) is 1. The predicted molar refractivity (Wildman–Crippen MR) is 104 cm³/mol. The summed E-state index contributed by atoms with van der Waals surface area (Å²) in [6.45, 7) is 9.02. The van der Waals surface area contributed by atoms with Crippen LogP contribution in [0.3, 0.4) is 0 Å². The number of rotatable bonds is 11. The third-order valence-corrected chi connectivity index (χ3v) is 4.58. The molecule has 9 heteroatoms. The lowest BCUT2D eigenvalue weighted by atomic mass is 9.87. The number of nitrogens with one attached hydrogen (secondary N) is 1. The van der Waals surface area contributed by atoms with Gasteiger partial charge in [0.15, 0.2) is 0 Å². The second kappa shape index (κ2) is 10.4. The fourth-order valence-corrected chi connectivity index (χ4v) is 2.89. The van der Waals surface area contributed by atoms with Crippen LogP contribution in [0.1, 0.15) is 33.3 Å². The van der Waals surface area contributed by atoms with Crippen LogP contribution in [0.25, 0.3) is 0 Å². The van der Waals surface area contributed by atoms with E-state index in [1.807, 2.05) is 35.9 Å². The maximum Gasteiger partial charge on any atom is 0.333 e. The minimum Gasteiger partial charge on any atom is -0.491 e. The summed E-state index contributed by atoms with van der Waals surface area (Å²) < 4.78 is 37.3. The van der Waals surface area contributed by atoms with Crippen molar-refractivity contribution in [3.05, 3.63) is 29.8 Å². The molecular formula is C18H32N2O6S. The van der Waals surface area contributed by atoms with Crippen LogP contribution in [0.4, 0.5) is 0 Å². The Labute approximate surface area is 162 Å². The quantitative estimate of drug-likeness (QED) is 0.403. The van der Waals surface area contributed by atoms with E-state index in [4.69, 9.17) is 9.29 Å². The van der Waals surface area contributed by atoms with Crippen molar-refractivity contribution in [3.8, 4) is 5.75 Å². The molecule has 8 nitrogen and oxygen atoms in total. The average molecular weight is 405 g/mol. The number of nitrogens with zero attached hydrogens (tertiary/aromatic N) is 1. The summed E-state index contributed by atoms with van der Waals surface area (Å²) in [6, 6.07) is 7.74. The van der Waals surface area contributed by atoms with Gasteiger partial charge in [-0.2, -0.15) is 13.1 Å². The summed E-state index contributed by atoms with van der Waals surface area (Å²) in [5, 5.41) is 20.0. The molecule has 0 bridgehead atoms. The van der Waals surface area contributed by atoms with E-state index >= 15 is 0 Å². The first-order chi connectivity index (χ1) is 12.4. The highest BCUT2D eigenvalue weighted by atomic mass is 32.2. The van der Waals surface area contributed by atoms with Gasteiger partial charge in [-0.25, -0.2) is 0 Å². The molecule has 0 aliphatic heterocycles. The molecule has 0 fully saturated rings. The van der Waals surface area contributed by atoms with Crippen molar-refractivity contribution in [2.75, 3.05) is 32.8 Å². The van der Waals surface area contributed by atoms with Crippen LogP contribution in [0.5, 0.6) is 5.75 Å². The van der Waals surface area contributed by atoms with Crippen LogP contribution < -0.4 is 9.46 Å². The van der Waals surface area contributed by atoms with Gasteiger partial charge in [0.25, 0.3) is 0 Å². The van der Waals surface area contributed by atoms with E-state index in [1.165, 1.54) is 5.56 Å². The van der Waals surface area contributed by atoms with Gasteiger partial charge in [0.2, 0.25) is 0 Å². The van der Waals surface area contributed by atoms with Crippen LogP contribution in [0, 0.1) is 0 Å². The molecule has 2 unspecified atom stereocenters. The van der Waals surface area contributed by atoms with E-state index in [-0.39, 0.29) is 31.7 Å². The lowest BCUT2D eigenvalue weighted by Crippen LogP contribution is -2.43. The van der Waals surface area contributed by atoms with E-state index in [2.05, 4.69) is 20.8 Å². The monoisotopic (exact) mass is 404 g/mol. The lowest BCUT2D eigenvalue weighted by Gasteiger charge is -2.26. The van der Waals surface area contributed by atoms with Gasteiger partial charge < -0.3 is 14.9 Å². The summed E-state index contributed by atoms with van der Waals surface area (Å²) in [5.74, 6) is 0.669. The van der Waals surface area contributed by atoms with E-state index < -0.39 is 22.5 Å². The van der Waals surface area contributed by atoms with E-state index in [9.17, 15) is 18.6 Å². The Kier molecular flexibility index (Phi) is 9.13. The molecule has 0 radical (unpaired) electrons. The molecule has 1 aromatic rings. The highest BCUT2D eigenvalue weighted by molar-refractivity contribution is 7.83. The molecule has 4 N–H and O–H groups in total. The Balaban J connectivity index is 2.43. The Morgan fingerprint density at radius 3 is 2.15 bits per heavy atom. The maximum absolute atomic E-state index is 10.6. The number of aliphatic hydroxyl groups excluding tert-OH is 2. The zero-order chi connectivity index (χ0) is 20.7. The second-order valence-corrected chi connectivity index (χ2v) is 8.81. The molecule has 1 aromatic carbocycles. The molecule has 0 aliphatic carbocycles. The molecule has 0 heterocycles. The fraction of sp³-hybridized carbons (Fsp3) is 0.667. The van der Waals surface area contributed by atoms with Crippen molar-refractivity contribution in [3.63, 3.8) is 0 Å². The Bertz CT molecular complexity index is 657. The van der Waals surface area contributed by atoms with Crippen molar-refractivity contribution >= 4 is 10.3 Å². The van der Waals surface area contributed by atoms with Crippen molar-refractivity contribution in [1.29, 1.82) is 0 Å². The number of hydrogen-bond acceptors (Lipinski definition) is 6. The van der Waals surface area contributed by atoms with Crippen LogP contribution in [0.15, 0.2) is 24.3 Å². The third-order valence-electron chi connectivity index (χ3n) is 4.05. The number of hydrogen-bond donors (Lipinski definition) is 4. The first-order valence-electron chi connectivity index (χ1n) is 8.94. The van der Waals surface area contributed by atoms with E-state index in [1.54, 1.807) is 4.90 Å².